The third-order valence-corrected chi connectivity index (χ3v) is 56.2. The number of hydrogen-bond acceptors (Lipinski definition) is 7. The molecule has 0 radical (unpaired) electrons. The Bertz CT molecular complexity index is 5900. The Morgan fingerprint density at radius 2 is 0.583 bits per heavy atom. The Labute approximate surface area is 840 Å². The topological polar surface area (TPSA) is 79.8 Å². The van der Waals surface area contributed by atoms with E-state index in [1.807, 2.05) is 13.8 Å². The molecule has 7 nitrogen and oxygen atoms in total. The van der Waals surface area contributed by atoms with Crippen LogP contribution in [0.4, 0.5) is 0 Å². The summed E-state index contributed by atoms with van der Waals surface area (Å²) in [5, 5.41) is 17.9. The number of aromatic nitrogens is 2. The zero-order chi connectivity index (χ0) is 96.4. The number of benzene rings is 13. The highest BCUT2D eigenvalue weighted by Crippen LogP contribution is 2.74. The monoisotopic (exact) mass is 1980 g/mol. The van der Waals surface area contributed by atoms with Gasteiger partial charge >= 0.3 is 0 Å². The molecule has 7 aliphatic rings. The minimum Gasteiger partial charge on any atom is -0.349 e. The maximum atomic E-state index is 14.0. The standard InChI is InChI=1S/C40H36N2P2.C34H38O4P2.C34H34OP2.C16H32P2/c1-39(28-43(30-16-6-2-7-17-30)31-18-8-3-9-19-31)34-26-27-40(39,38-37(34)41-35-24-14-15-25-36(35)42-38)29-44(32-20-10-4-11-21-32)33-22-12-5-13-23-33;1-33(35-3)34(2,36-4)38-32(26-40(29-21-13-7-14-22-29)30-23-15-8-16-24-30)31(37-33)25-39(27-17-9-5-10-18-27)28-19-11-6-12-20-28;1-33(25-36(28-14-6-2-7-15-28)29-16-8-3-9-17-29)27-22-23-34(33,32(35)24-27)26-37(30-18-10-4-11-19-30)31-20-12-5-13-21-31;1-15(2,3)17-11-7-9-13(17)14-10-8-12-18(14)16(4,5)6/h2-25,34H,26-29H2,1H3;5-24,31-32H,25-26H2,1-4H3;2-21,27H,22-26H2,1H3;13-14H,7-12H2,1-6H3/t;31-,32-,33+,34?;;13-,14-,17+,18+/m.0.1/s1. The van der Waals surface area contributed by atoms with Crippen molar-refractivity contribution in [1.29, 1.82) is 0 Å². The molecule has 14 aromatic rings. The maximum absolute atomic E-state index is 14.0. The number of para-hydroxylation sites is 2. The van der Waals surface area contributed by atoms with Gasteiger partial charge in [-0.05, 0) is 264 Å². The molecule has 4 bridgehead atoms. The van der Waals surface area contributed by atoms with Crippen molar-refractivity contribution in [3.8, 4) is 0 Å². The van der Waals surface area contributed by atoms with Crippen LogP contribution in [0.5, 0.6) is 0 Å². The third-order valence-electron chi connectivity index (χ3n) is 31.9. The quantitative estimate of drug-likeness (QED) is 0.0475. The van der Waals surface area contributed by atoms with Crippen LogP contribution in [0.2, 0.25) is 0 Å². The molecule has 14 atom stereocenters. The number of Topliss-reactive ketones (excluding diaryl/α,β-unsaturated/α-hetero) is 1. The minimum atomic E-state index is -1.07. The normalized spacial score (nSPS) is 25.7. The molecule has 139 heavy (non-hydrogen) atoms. The van der Waals surface area contributed by atoms with Gasteiger partial charge in [0.25, 0.3) is 0 Å². The van der Waals surface area contributed by atoms with Crippen molar-refractivity contribution < 1.29 is 23.7 Å². The zero-order valence-corrected chi connectivity index (χ0v) is 90.6. The number of ketones is 1. The van der Waals surface area contributed by atoms with Gasteiger partial charge in [0.05, 0.1) is 34.6 Å². The van der Waals surface area contributed by atoms with Crippen LogP contribution >= 0.6 is 63.4 Å². The summed E-state index contributed by atoms with van der Waals surface area (Å²) >= 11 is 0. The van der Waals surface area contributed by atoms with Gasteiger partial charge in [-0.2, -0.15) is 0 Å². The Morgan fingerprint density at radius 3 is 0.871 bits per heavy atom. The molecule has 13 aromatic carbocycles. The van der Waals surface area contributed by atoms with Gasteiger partial charge in [-0.25, -0.2) is 9.97 Å². The van der Waals surface area contributed by atoms with Crippen LogP contribution in [0.25, 0.3) is 11.0 Å². The largest absolute Gasteiger partial charge is 0.349 e. The fourth-order valence-corrected chi connectivity index (χ4v) is 49.1. The summed E-state index contributed by atoms with van der Waals surface area (Å²) < 4.78 is 25.8. The second-order valence-corrected chi connectivity index (χ2v) is 61.9. The summed E-state index contributed by atoms with van der Waals surface area (Å²) in [6.45, 7) is 24.0. The van der Waals surface area contributed by atoms with E-state index >= 15 is 0 Å². The highest BCUT2D eigenvalue weighted by atomic mass is 31.1. The molecule has 3 saturated carbocycles. The van der Waals surface area contributed by atoms with E-state index in [0.29, 0.717) is 27.9 Å². The second-order valence-electron chi connectivity index (χ2n) is 41.8. The SMILES string of the molecule is CC(C)(C)[P@@]1CCC[C@@H]1[C@H]1CCC[P@]1C(C)(C)C.CC1(CP(c2ccccc2)c2ccccc2)C2CCC1(CP(c1ccccc1)c1ccccc1)C(=O)C2.CC1(CP(c2ccccc2)c2ccccc2)C2CCC1(CP(c1ccccc1)c1ccccc1)c1nc3ccccc3nc12.COC1(C)O[C@@H](CP(c2ccccc2)c2ccccc2)[C@H](CP(c2ccccc2)c2ccccc2)O[C@@]1(C)OC. The van der Waals surface area contributed by atoms with E-state index in [1.54, 1.807) is 39.4 Å². The van der Waals surface area contributed by atoms with Crippen LogP contribution in [0, 0.1) is 22.2 Å². The summed E-state index contributed by atoms with van der Waals surface area (Å²) in [6, 6.07) is 141. The average molecular weight is 1990 g/mol. The van der Waals surface area contributed by atoms with Crippen LogP contribution in [-0.2, 0) is 29.2 Å². The van der Waals surface area contributed by atoms with E-state index in [-0.39, 0.29) is 49.7 Å². The number of carbonyl (C=O) groups excluding carboxylic acids is 1. The minimum absolute atomic E-state index is 0.00557. The smallest absolute Gasteiger partial charge is 0.220 e. The number of carbonyl (C=O) groups is 1. The Morgan fingerprint density at radius 1 is 0.324 bits per heavy atom. The lowest BCUT2D eigenvalue weighted by Gasteiger charge is -2.53. The number of methoxy groups -OCH3 is 2. The van der Waals surface area contributed by atoms with Gasteiger partial charge in [-0.1, -0.05) is 447 Å². The predicted molar refractivity (Wildman–Crippen MR) is 608 cm³/mol. The van der Waals surface area contributed by atoms with Crippen molar-refractivity contribution in [3.05, 3.63) is 400 Å². The van der Waals surface area contributed by atoms with E-state index < -0.39 is 59.1 Å². The van der Waals surface area contributed by atoms with Gasteiger partial charge in [0.2, 0.25) is 11.6 Å². The summed E-state index contributed by atoms with van der Waals surface area (Å²) in [4.78, 5) is 25.0. The van der Waals surface area contributed by atoms with Crippen molar-refractivity contribution >= 4 is 144 Å². The first-order valence-corrected chi connectivity index (χ1v) is 62.9. The van der Waals surface area contributed by atoms with Gasteiger partial charge in [-0.15, -0.1) is 0 Å². The first-order valence-electron chi connectivity index (χ1n) is 50.5. The average Bonchev–Trinajstić information content (AvgIpc) is 1.51. The van der Waals surface area contributed by atoms with Gasteiger partial charge in [0.15, 0.2) is 0 Å². The third kappa shape index (κ3) is 21.7. The van der Waals surface area contributed by atoms with Crippen LogP contribution in [0.1, 0.15) is 144 Å². The van der Waals surface area contributed by atoms with E-state index in [2.05, 4.69) is 444 Å². The Hall–Kier alpha value is -7.85. The molecule has 4 aliphatic carbocycles. The highest BCUT2D eigenvalue weighted by Gasteiger charge is 2.69. The van der Waals surface area contributed by atoms with Crippen LogP contribution in [0.15, 0.2) is 388 Å². The molecule has 3 aliphatic heterocycles. The molecule has 15 heteroatoms. The number of nitrogens with zero attached hydrogens (tertiary/aromatic N) is 2. The highest BCUT2D eigenvalue weighted by molar-refractivity contribution is 7.75. The van der Waals surface area contributed by atoms with E-state index in [0.717, 1.165) is 72.2 Å². The van der Waals surface area contributed by atoms with Crippen molar-refractivity contribution in [2.45, 2.75) is 184 Å². The van der Waals surface area contributed by atoms with E-state index in [9.17, 15) is 4.79 Å². The lowest BCUT2D eigenvalue weighted by molar-refractivity contribution is -0.442. The van der Waals surface area contributed by atoms with Gasteiger partial charge in [0.1, 0.15) is 5.78 Å². The van der Waals surface area contributed by atoms with E-state index in [4.69, 9.17) is 28.9 Å². The zero-order valence-electron chi connectivity index (χ0n) is 83.4. The van der Waals surface area contributed by atoms with Crippen LogP contribution < -0.4 is 63.7 Å². The Kier molecular flexibility index (Phi) is 32.6. The summed E-state index contributed by atoms with van der Waals surface area (Å²) in [7, 11) is 0.107. The van der Waals surface area contributed by atoms with Crippen molar-refractivity contribution in [2.24, 2.45) is 22.2 Å². The van der Waals surface area contributed by atoms with Gasteiger partial charge in [-0.3, -0.25) is 4.79 Å². The fourth-order valence-electron chi connectivity index (χ4n) is 24.3. The van der Waals surface area contributed by atoms with Crippen LogP contribution in [-0.4, -0.2) is 125 Å². The summed E-state index contributed by atoms with van der Waals surface area (Å²) in [5.74, 6) is -0.725. The molecular weight excluding hydrogens is 1850 g/mol. The maximum Gasteiger partial charge on any atom is 0.220 e. The van der Waals surface area contributed by atoms with Crippen molar-refractivity contribution in [2.75, 3.05) is 63.5 Å². The van der Waals surface area contributed by atoms with Crippen LogP contribution in [0.3, 0.4) is 0 Å². The molecule has 7 unspecified atom stereocenters. The van der Waals surface area contributed by atoms with Crippen molar-refractivity contribution in [3.63, 3.8) is 0 Å². The number of ether oxygens (including phenoxy) is 4. The Balaban J connectivity index is 0.000000127. The van der Waals surface area contributed by atoms with E-state index in [1.165, 1.54) is 107 Å². The summed E-state index contributed by atoms with van der Waals surface area (Å²) in [6.07, 6.45) is 20.1. The molecule has 0 spiro atoms. The molecule has 21 rings (SSSR count). The summed E-state index contributed by atoms with van der Waals surface area (Å²) in [5.41, 5.74) is 6.55. The number of fused-ring (bicyclic) bond motifs is 8. The van der Waals surface area contributed by atoms with Crippen molar-refractivity contribution in [1.82, 2.24) is 9.97 Å². The molecular formula is C124H140N2O5P8. The molecule has 6 fully saturated rings. The van der Waals surface area contributed by atoms with Gasteiger partial charge < -0.3 is 18.9 Å². The lowest BCUT2D eigenvalue weighted by atomic mass is 9.69. The first kappa shape index (κ1) is 101. The molecule has 716 valence electrons. The predicted octanol–water partition coefficient (Wildman–Crippen LogP) is 26.3. The molecule has 3 saturated heterocycles. The fraction of sp³-hybridized carbons (Fsp3) is 0.347. The molecule has 0 amide bonds. The molecule has 4 heterocycles. The number of hydrogen-bond donors (Lipinski definition) is 0. The number of rotatable bonds is 27. The first-order chi connectivity index (χ1) is 67.4. The second kappa shape index (κ2) is 44.8. The van der Waals surface area contributed by atoms with Gasteiger partial charge in [0, 0.05) is 49.7 Å². The molecule has 1 aromatic heterocycles. The molecule has 0 N–H and O–H groups in total. The lowest BCUT2D eigenvalue weighted by Crippen LogP contribution is -2.66.